The molecular formula is C23H28N2O7. The minimum atomic E-state index is -1.96. The number of fused-ring (bicyclic) bond motifs is 2. The number of aliphatic hydroxyl groups is 1. The molecule has 5 unspecified atom stereocenters. The summed E-state index contributed by atoms with van der Waals surface area (Å²) in [6.45, 7) is 2.18. The fraction of sp³-hybridized carbons (Fsp3) is 0.609. The van der Waals surface area contributed by atoms with Crippen LogP contribution >= 0.6 is 0 Å². The lowest BCUT2D eigenvalue weighted by atomic mass is 9.76. The SMILES string of the molecule is CC(O)C1(C(=O)O)NC(c2ccc3c(c2)OCCO3)C2C(=O)N(C3CCCCC3)C(=O)C21. The number of carboxylic acids is 1. The molecule has 1 aromatic rings. The van der Waals surface area contributed by atoms with Crippen LogP contribution in [-0.4, -0.2) is 63.8 Å². The van der Waals surface area contributed by atoms with Gasteiger partial charge in [0.05, 0.1) is 17.9 Å². The predicted octanol–water partition coefficient (Wildman–Crippen LogP) is 1.24. The Bertz CT molecular complexity index is 958. The Hall–Kier alpha value is -2.65. The van der Waals surface area contributed by atoms with Crippen molar-refractivity contribution in [2.45, 2.75) is 62.8 Å². The van der Waals surface area contributed by atoms with E-state index in [1.54, 1.807) is 18.2 Å². The van der Waals surface area contributed by atoms with E-state index in [9.17, 15) is 24.6 Å². The lowest BCUT2D eigenvalue weighted by Gasteiger charge is -2.36. The third kappa shape index (κ3) is 2.94. The summed E-state index contributed by atoms with van der Waals surface area (Å²) in [6.07, 6.45) is 3.00. The molecule has 2 amide bonds. The second-order valence-corrected chi connectivity index (χ2v) is 9.22. The van der Waals surface area contributed by atoms with Crippen molar-refractivity contribution in [2.24, 2.45) is 11.8 Å². The minimum Gasteiger partial charge on any atom is -0.486 e. The number of aliphatic hydroxyl groups excluding tert-OH is 1. The molecule has 172 valence electrons. The van der Waals surface area contributed by atoms with Gasteiger partial charge in [0.2, 0.25) is 11.8 Å². The van der Waals surface area contributed by atoms with E-state index in [1.165, 1.54) is 11.8 Å². The van der Waals surface area contributed by atoms with Crippen LogP contribution in [0.15, 0.2) is 18.2 Å². The van der Waals surface area contributed by atoms with Crippen LogP contribution in [0.1, 0.15) is 50.6 Å². The number of carbonyl (C=O) groups excluding carboxylic acids is 2. The highest BCUT2D eigenvalue weighted by Gasteiger charge is 2.70. The van der Waals surface area contributed by atoms with E-state index in [2.05, 4.69) is 5.32 Å². The Morgan fingerprint density at radius 2 is 1.81 bits per heavy atom. The van der Waals surface area contributed by atoms with E-state index in [0.717, 1.165) is 32.1 Å². The molecule has 5 atom stereocenters. The summed E-state index contributed by atoms with van der Waals surface area (Å²) in [5.74, 6) is -3.21. The molecule has 9 heteroatoms. The van der Waals surface area contributed by atoms with Crippen LogP contribution in [0.5, 0.6) is 11.5 Å². The maximum Gasteiger partial charge on any atom is 0.327 e. The number of imide groups is 1. The normalized spacial score (nSPS) is 33.3. The van der Waals surface area contributed by atoms with Crippen LogP contribution in [0.4, 0.5) is 0 Å². The highest BCUT2D eigenvalue weighted by Crippen LogP contribution is 2.52. The predicted molar refractivity (Wildman–Crippen MR) is 111 cm³/mol. The van der Waals surface area contributed by atoms with Crippen LogP contribution in [0.2, 0.25) is 0 Å². The maximum absolute atomic E-state index is 13.6. The van der Waals surface area contributed by atoms with Gasteiger partial charge in [-0.05, 0) is 37.5 Å². The van der Waals surface area contributed by atoms with Gasteiger partial charge in [-0.1, -0.05) is 25.3 Å². The molecule has 32 heavy (non-hydrogen) atoms. The number of benzene rings is 1. The van der Waals surface area contributed by atoms with E-state index in [4.69, 9.17) is 9.47 Å². The largest absolute Gasteiger partial charge is 0.486 e. The molecule has 1 aromatic carbocycles. The number of rotatable bonds is 4. The van der Waals surface area contributed by atoms with E-state index in [-0.39, 0.29) is 11.9 Å². The van der Waals surface area contributed by atoms with Gasteiger partial charge in [0.25, 0.3) is 0 Å². The highest BCUT2D eigenvalue weighted by atomic mass is 16.6. The summed E-state index contributed by atoms with van der Waals surface area (Å²) in [6, 6.07) is 4.24. The Balaban J connectivity index is 1.59. The molecule has 2 saturated heterocycles. The molecule has 3 aliphatic heterocycles. The van der Waals surface area contributed by atoms with Crippen molar-refractivity contribution in [1.29, 1.82) is 0 Å². The van der Waals surface area contributed by atoms with Gasteiger partial charge in [0, 0.05) is 12.1 Å². The molecule has 3 fully saturated rings. The lowest BCUT2D eigenvalue weighted by Crippen LogP contribution is -2.62. The Kier molecular flexibility index (Phi) is 5.13. The van der Waals surface area contributed by atoms with E-state index < -0.39 is 41.4 Å². The van der Waals surface area contributed by atoms with Crippen LogP contribution in [0, 0.1) is 11.8 Å². The molecule has 3 N–H and O–H groups in total. The summed E-state index contributed by atoms with van der Waals surface area (Å²) in [5, 5.41) is 23.8. The molecule has 1 aliphatic carbocycles. The molecule has 0 radical (unpaired) electrons. The van der Waals surface area contributed by atoms with Gasteiger partial charge >= 0.3 is 5.97 Å². The van der Waals surface area contributed by atoms with Gasteiger partial charge in [0.1, 0.15) is 13.2 Å². The number of likely N-dealkylation sites (tertiary alicyclic amines) is 1. The van der Waals surface area contributed by atoms with Crippen molar-refractivity contribution in [2.75, 3.05) is 13.2 Å². The second-order valence-electron chi connectivity index (χ2n) is 9.22. The van der Waals surface area contributed by atoms with Gasteiger partial charge in [-0.3, -0.25) is 24.6 Å². The number of ether oxygens (including phenoxy) is 2. The summed E-state index contributed by atoms with van der Waals surface area (Å²) >= 11 is 0. The first kappa shape index (κ1) is 21.2. The molecule has 0 aromatic heterocycles. The van der Waals surface area contributed by atoms with Crippen molar-refractivity contribution in [3.05, 3.63) is 23.8 Å². The number of nitrogens with zero attached hydrogens (tertiary/aromatic N) is 1. The number of amides is 2. The topological polar surface area (TPSA) is 125 Å². The smallest absolute Gasteiger partial charge is 0.327 e. The average molecular weight is 444 g/mol. The fourth-order valence-corrected chi connectivity index (χ4v) is 5.96. The summed E-state index contributed by atoms with van der Waals surface area (Å²) in [5.41, 5.74) is -1.33. The third-order valence-electron chi connectivity index (χ3n) is 7.51. The number of nitrogens with one attached hydrogen (secondary N) is 1. The number of hydrogen-bond acceptors (Lipinski definition) is 7. The molecule has 5 rings (SSSR count). The molecule has 4 aliphatic rings. The van der Waals surface area contributed by atoms with E-state index >= 15 is 0 Å². The molecule has 3 heterocycles. The zero-order valence-corrected chi connectivity index (χ0v) is 18.0. The molecule has 0 bridgehead atoms. The first-order valence-corrected chi connectivity index (χ1v) is 11.3. The van der Waals surface area contributed by atoms with E-state index in [0.29, 0.717) is 30.3 Å². The Morgan fingerprint density at radius 3 is 2.47 bits per heavy atom. The highest BCUT2D eigenvalue weighted by molar-refractivity contribution is 6.10. The summed E-state index contributed by atoms with van der Waals surface area (Å²) < 4.78 is 11.2. The van der Waals surface area contributed by atoms with Crippen molar-refractivity contribution in [3.63, 3.8) is 0 Å². The van der Waals surface area contributed by atoms with Crippen LogP contribution < -0.4 is 14.8 Å². The first-order chi connectivity index (χ1) is 15.4. The van der Waals surface area contributed by atoms with Gasteiger partial charge in [-0.25, -0.2) is 0 Å². The van der Waals surface area contributed by atoms with Gasteiger partial charge < -0.3 is 19.7 Å². The zero-order valence-electron chi connectivity index (χ0n) is 18.0. The molecular weight excluding hydrogens is 416 g/mol. The number of aliphatic carboxylic acids is 1. The van der Waals surface area contributed by atoms with Gasteiger partial charge in [-0.2, -0.15) is 0 Å². The lowest BCUT2D eigenvalue weighted by molar-refractivity contribution is -0.157. The van der Waals surface area contributed by atoms with Crippen LogP contribution in [0.3, 0.4) is 0 Å². The second kappa shape index (κ2) is 7.74. The van der Waals surface area contributed by atoms with Crippen LogP contribution in [0.25, 0.3) is 0 Å². The van der Waals surface area contributed by atoms with Gasteiger partial charge in [0.15, 0.2) is 17.0 Å². The standard InChI is InChI=1S/C23H28N2O7/c1-12(26)23(22(29)30)18-17(20(27)25(21(18)28)14-5-3-2-4-6-14)19(24-23)13-7-8-15-16(11-13)32-10-9-31-15/h7-8,11-12,14,17-19,24,26H,2-6,9-10H2,1H3,(H,29,30). The molecule has 9 nitrogen and oxygen atoms in total. The first-order valence-electron chi connectivity index (χ1n) is 11.3. The summed E-state index contributed by atoms with van der Waals surface area (Å²) in [7, 11) is 0. The molecule has 0 spiro atoms. The monoisotopic (exact) mass is 444 g/mol. The van der Waals surface area contributed by atoms with Crippen molar-refractivity contribution < 1.29 is 34.1 Å². The van der Waals surface area contributed by atoms with Crippen molar-refractivity contribution in [1.82, 2.24) is 10.2 Å². The summed E-state index contributed by atoms with van der Waals surface area (Å²) in [4.78, 5) is 41.0. The zero-order chi connectivity index (χ0) is 22.6. The number of carbonyl (C=O) groups is 3. The molecule has 1 saturated carbocycles. The average Bonchev–Trinajstić information content (AvgIpc) is 3.29. The number of hydrogen-bond donors (Lipinski definition) is 3. The van der Waals surface area contributed by atoms with E-state index in [1.807, 2.05) is 0 Å². The Labute approximate surface area is 185 Å². The van der Waals surface area contributed by atoms with Crippen LogP contribution in [-0.2, 0) is 14.4 Å². The van der Waals surface area contributed by atoms with Crippen molar-refractivity contribution >= 4 is 17.8 Å². The quantitative estimate of drug-likeness (QED) is 0.593. The number of carboxylic acid groups (broad SMARTS) is 1. The van der Waals surface area contributed by atoms with Crippen molar-refractivity contribution in [3.8, 4) is 11.5 Å². The maximum atomic E-state index is 13.6. The fourth-order valence-electron chi connectivity index (χ4n) is 5.96. The Morgan fingerprint density at radius 1 is 1.12 bits per heavy atom. The minimum absolute atomic E-state index is 0.212. The third-order valence-corrected chi connectivity index (χ3v) is 7.51. The van der Waals surface area contributed by atoms with Gasteiger partial charge in [-0.15, -0.1) is 0 Å².